The molecule has 0 bridgehead atoms. The van der Waals surface area contributed by atoms with Crippen molar-refractivity contribution >= 4 is 0 Å². The number of likely N-dealkylation sites (N-methyl/N-ethyl adjacent to an activating group) is 1. The average molecular weight is 291 g/mol. The number of nitrogens with one attached hydrogen (secondary N) is 1. The van der Waals surface area contributed by atoms with Gasteiger partial charge in [0.2, 0.25) is 0 Å². The molecule has 120 valence electrons. The first-order valence-electron chi connectivity index (χ1n) is 8.99. The van der Waals surface area contributed by atoms with E-state index in [4.69, 9.17) is 0 Å². The molecular weight excluding hydrogens is 258 g/mol. The van der Waals surface area contributed by atoms with Gasteiger partial charge in [0, 0.05) is 24.7 Å². The molecule has 0 spiro atoms. The van der Waals surface area contributed by atoms with Gasteiger partial charge in [0.1, 0.15) is 0 Å². The van der Waals surface area contributed by atoms with E-state index in [2.05, 4.69) is 42.1 Å². The summed E-state index contributed by atoms with van der Waals surface area (Å²) in [5.41, 5.74) is 2.64. The molecule has 3 heteroatoms. The summed E-state index contributed by atoms with van der Waals surface area (Å²) in [7, 11) is 2.12. The Bertz CT molecular complexity index is 403. The van der Waals surface area contributed by atoms with Gasteiger partial charge in [0.15, 0.2) is 0 Å². The summed E-state index contributed by atoms with van der Waals surface area (Å²) in [5.74, 6) is 0.925. The highest BCUT2D eigenvalue weighted by atomic mass is 15.3. The Morgan fingerprint density at radius 2 is 1.95 bits per heavy atom. The van der Waals surface area contributed by atoms with Crippen molar-refractivity contribution in [2.45, 2.75) is 84.2 Å². The fourth-order valence-corrected chi connectivity index (χ4v) is 3.68. The molecule has 1 N–H and O–H groups in total. The molecule has 1 heterocycles. The second kappa shape index (κ2) is 8.57. The van der Waals surface area contributed by atoms with Crippen LogP contribution in [0.15, 0.2) is 6.07 Å². The zero-order valence-corrected chi connectivity index (χ0v) is 14.2. The van der Waals surface area contributed by atoms with E-state index in [1.807, 2.05) is 0 Å². The van der Waals surface area contributed by atoms with E-state index in [9.17, 15) is 0 Å². The van der Waals surface area contributed by atoms with Crippen LogP contribution >= 0.6 is 0 Å². The number of hydrogen-bond acceptors (Lipinski definition) is 2. The average Bonchev–Trinajstić information content (AvgIpc) is 2.72. The standard InChI is InChI=1S/C18H33N3/c1-4-16-13-18(21(5-2)20-16)14-17(19-3)12-15-10-8-6-7-9-11-15/h13,15,17,19H,4-12,14H2,1-3H3. The van der Waals surface area contributed by atoms with Crippen molar-refractivity contribution in [1.29, 1.82) is 0 Å². The summed E-state index contributed by atoms with van der Waals surface area (Å²) in [4.78, 5) is 0. The van der Waals surface area contributed by atoms with Crippen LogP contribution in [0, 0.1) is 5.92 Å². The van der Waals surface area contributed by atoms with E-state index in [1.165, 1.54) is 56.3 Å². The topological polar surface area (TPSA) is 29.9 Å². The molecule has 1 fully saturated rings. The summed E-state index contributed by atoms with van der Waals surface area (Å²) in [6.45, 7) is 5.36. The summed E-state index contributed by atoms with van der Waals surface area (Å²) in [6, 6.07) is 2.90. The highest BCUT2D eigenvalue weighted by Gasteiger charge is 2.19. The predicted molar refractivity (Wildman–Crippen MR) is 89.6 cm³/mol. The molecular formula is C18H33N3. The van der Waals surface area contributed by atoms with Crippen LogP contribution in [0.4, 0.5) is 0 Å². The van der Waals surface area contributed by atoms with Crippen LogP contribution in [-0.4, -0.2) is 22.9 Å². The van der Waals surface area contributed by atoms with E-state index in [0.717, 1.165) is 25.3 Å². The summed E-state index contributed by atoms with van der Waals surface area (Å²) in [6.07, 6.45) is 12.1. The van der Waals surface area contributed by atoms with Crippen molar-refractivity contribution < 1.29 is 0 Å². The van der Waals surface area contributed by atoms with Crippen LogP contribution in [-0.2, 0) is 19.4 Å². The predicted octanol–water partition coefficient (Wildman–Crippen LogP) is 3.96. The van der Waals surface area contributed by atoms with Gasteiger partial charge < -0.3 is 5.32 Å². The Kier molecular flexibility index (Phi) is 6.75. The van der Waals surface area contributed by atoms with Gasteiger partial charge in [-0.05, 0) is 38.8 Å². The minimum Gasteiger partial charge on any atom is -0.317 e. The van der Waals surface area contributed by atoms with Gasteiger partial charge >= 0.3 is 0 Å². The molecule has 0 aliphatic heterocycles. The van der Waals surface area contributed by atoms with Gasteiger partial charge in [-0.2, -0.15) is 5.10 Å². The number of hydrogen-bond donors (Lipinski definition) is 1. The Morgan fingerprint density at radius 3 is 2.52 bits per heavy atom. The third kappa shape index (κ3) is 4.84. The van der Waals surface area contributed by atoms with Crippen LogP contribution in [0.2, 0.25) is 0 Å². The number of aromatic nitrogens is 2. The molecule has 1 aromatic rings. The lowest BCUT2D eigenvalue weighted by atomic mass is 9.91. The second-order valence-electron chi connectivity index (χ2n) is 6.58. The quantitative estimate of drug-likeness (QED) is 0.771. The minimum atomic E-state index is 0.597. The number of rotatable bonds is 7. The summed E-state index contributed by atoms with van der Waals surface area (Å²) < 4.78 is 2.19. The molecule has 0 radical (unpaired) electrons. The molecule has 1 aromatic heterocycles. The molecule has 2 rings (SSSR count). The number of aryl methyl sites for hydroxylation is 2. The van der Waals surface area contributed by atoms with Crippen LogP contribution in [0.25, 0.3) is 0 Å². The fraction of sp³-hybridized carbons (Fsp3) is 0.833. The highest BCUT2D eigenvalue weighted by molar-refractivity contribution is 5.12. The molecule has 1 atom stereocenters. The van der Waals surface area contributed by atoms with Crippen LogP contribution in [0.3, 0.4) is 0 Å². The van der Waals surface area contributed by atoms with Crippen molar-refractivity contribution in [3.05, 3.63) is 17.5 Å². The molecule has 0 amide bonds. The molecule has 1 unspecified atom stereocenters. The fourth-order valence-electron chi connectivity index (χ4n) is 3.68. The smallest absolute Gasteiger partial charge is 0.0624 e. The van der Waals surface area contributed by atoms with Crippen molar-refractivity contribution in [3.63, 3.8) is 0 Å². The molecule has 1 aliphatic rings. The Labute approximate surface area is 130 Å². The summed E-state index contributed by atoms with van der Waals surface area (Å²) >= 11 is 0. The lowest BCUT2D eigenvalue weighted by molar-refractivity contribution is 0.357. The molecule has 0 aromatic carbocycles. The third-order valence-electron chi connectivity index (χ3n) is 5.03. The molecule has 1 aliphatic carbocycles. The monoisotopic (exact) mass is 291 g/mol. The normalized spacial score (nSPS) is 18.6. The lowest BCUT2D eigenvalue weighted by Gasteiger charge is -2.22. The van der Waals surface area contributed by atoms with E-state index < -0.39 is 0 Å². The lowest BCUT2D eigenvalue weighted by Crippen LogP contribution is -2.31. The maximum absolute atomic E-state index is 4.69. The van der Waals surface area contributed by atoms with Gasteiger partial charge in [-0.15, -0.1) is 0 Å². The van der Waals surface area contributed by atoms with Crippen molar-refractivity contribution in [2.24, 2.45) is 5.92 Å². The Balaban J connectivity index is 1.96. The van der Waals surface area contributed by atoms with Crippen molar-refractivity contribution in [2.75, 3.05) is 7.05 Å². The minimum absolute atomic E-state index is 0.597. The van der Waals surface area contributed by atoms with E-state index in [-0.39, 0.29) is 0 Å². The SMILES string of the molecule is CCc1cc(CC(CC2CCCCCC2)NC)n(CC)n1. The van der Waals surface area contributed by atoms with E-state index in [1.54, 1.807) is 0 Å². The van der Waals surface area contributed by atoms with Gasteiger partial charge in [0.05, 0.1) is 5.69 Å². The maximum atomic E-state index is 4.69. The van der Waals surface area contributed by atoms with Crippen LogP contribution in [0.5, 0.6) is 0 Å². The molecule has 0 saturated heterocycles. The Morgan fingerprint density at radius 1 is 1.24 bits per heavy atom. The largest absolute Gasteiger partial charge is 0.317 e. The van der Waals surface area contributed by atoms with E-state index >= 15 is 0 Å². The molecule has 3 nitrogen and oxygen atoms in total. The first-order valence-corrected chi connectivity index (χ1v) is 8.99. The maximum Gasteiger partial charge on any atom is 0.0624 e. The first kappa shape index (κ1) is 16.5. The highest BCUT2D eigenvalue weighted by Crippen LogP contribution is 2.27. The zero-order valence-electron chi connectivity index (χ0n) is 14.2. The first-order chi connectivity index (χ1) is 10.3. The van der Waals surface area contributed by atoms with Gasteiger partial charge in [-0.1, -0.05) is 45.4 Å². The van der Waals surface area contributed by atoms with Crippen LogP contribution in [0.1, 0.15) is 70.2 Å². The summed E-state index contributed by atoms with van der Waals surface area (Å²) in [5, 5.41) is 8.24. The molecule has 21 heavy (non-hydrogen) atoms. The van der Waals surface area contributed by atoms with Crippen molar-refractivity contribution in [3.8, 4) is 0 Å². The molecule has 1 saturated carbocycles. The zero-order chi connectivity index (χ0) is 15.1. The number of nitrogens with zero attached hydrogens (tertiary/aromatic N) is 2. The van der Waals surface area contributed by atoms with Gasteiger partial charge in [-0.3, -0.25) is 4.68 Å². The second-order valence-corrected chi connectivity index (χ2v) is 6.58. The van der Waals surface area contributed by atoms with Crippen molar-refractivity contribution in [1.82, 2.24) is 15.1 Å². The van der Waals surface area contributed by atoms with E-state index in [0.29, 0.717) is 6.04 Å². The Hall–Kier alpha value is -0.830. The van der Waals surface area contributed by atoms with Gasteiger partial charge in [0.25, 0.3) is 0 Å². The third-order valence-corrected chi connectivity index (χ3v) is 5.03. The van der Waals surface area contributed by atoms with Crippen LogP contribution < -0.4 is 5.32 Å². The van der Waals surface area contributed by atoms with Gasteiger partial charge in [-0.25, -0.2) is 0 Å².